The van der Waals surface area contributed by atoms with Gasteiger partial charge in [-0.15, -0.1) is 0 Å². The lowest BCUT2D eigenvalue weighted by Gasteiger charge is -2.08. The first-order valence-corrected chi connectivity index (χ1v) is 3.87. The van der Waals surface area contributed by atoms with Crippen molar-refractivity contribution in [3.05, 3.63) is 28.8 Å². The molecule has 0 saturated heterocycles. The molecule has 0 aliphatic carbocycles. The zero-order valence-electron chi connectivity index (χ0n) is 6.57. The zero-order valence-corrected chi connectivity index (χ0v) is 7.32. The Hall–Kier alpha value is -1.26. The van der Waals surface area contributed by atoms with Crippen LogP contribution in [0.2, 0.25) is 5.02 Å². The number of aliphatic carboxylic acids is 1. The summed E-state index contributed by atoms with van der Waals surface area (Å²) in [6.45, 7) is 0. The second-order valence-electron chi connectivity index (χ2n) is 2.52. The third-order valence-electron chi connectivity index (χ3n) is 1.59. The number of carbonyl (C=O) groups is 1. The molecule has 0 aliphatic heterocycles. The van der Waals surface area contributed by atoms with Crippen molar-refractivity contribution in [3.8, 4) is 5.75 Å². The minimum atomic E-state index is -1.25. The lowest BCUT2D eigenvalue weighted by Crippen LogP contribution is -2.20. The summed E-state index contributed by atoms with van der Waals surface area (Å²) in [6, 6.07) is 2.84. The molecule has 0 bridgehead atoms. The van der Waals surface area contributed by atoms with Crippen LogP contribution in [0.1, 0.15) is 11.6 Å². The molecule has 0 aromatic heterocycles. The van der Waals surface area contributed by atoms with Crippen molar-refractivity contribution in [3.63, 3.8) is 0 Å². The Morgan fingerprint density at radius 3 is 2.69 bits per heavy atom. The minimum Gasteiger partial charge on any atom is -0.508 e. The first kappa shape index (κ1) is 9.83. The summed E-state index contributed by atoms with van der Waals surface area (Å²) in [6.07, 6.45) is 0. The van der Waals surface area contributed by atoms with Gasteiger partial charge in [-0.05, 0) is 18.2 Å². The maximum atomic E-state index is 10.5. The lowest BCUT2D eigenvalue weighted by molar-refractivity contribution is -0.138. The molecule has 1 atom stereocenters. The molecule has 4 N–H and O–H groups in total. The van der Waals surface area contributed by atoms with Gasteiger partial charge in [-0.1, -0.05) is 11.6 Å². The fourth-order valence-corrected chi connectivity index (χ4v) is 1.09. The summed E-state index contributed by atoms with van der Waals surface area (Å²) in [5.41, 5.74) is 5.40. The highest BCUT2D eigenvalue weighted by molar-refractivity contribution is 6.30. The highest BCUT2D eigenvalue weighted by Gasteiger charge is 2.17. The summed E-state index contributed by atoms with van der Waals surface area (Å²) in [7, 11) is 0. The molecule has 4 nitrogen and oxygen atoms in total. The quantitative estimate of drug-likeness (QED) is 0.670. The molecular weight excluding hydrogens is 194 g/mol. The maximum Gasteiger partial charge on any atom is 0.325 e. The van der Waals surface area contributed by atoms with E-state index in [4.69, 9.17) is 22.4 Å². The molecule has 1 aromatic carbocycles. The second-order valence-corrected chi connectivity index (χ2v) is 2.96. The number of nitrogens with two attached hydrogens (primary N) is 1. The van der Waals surface area contributed by atoms with E-state index in [9.17, 15) is 9.90 Å². The number of hydrogen-bond donors (Lipinski definition) is 3. The molecule has 1 rings (SSSR count). The Labute approximate surface area is 79.6 Å². The molecule has 70 valence electrons. The Morgan fingerprint density at radius 1 is 1.54 bits per heavy atom. The number of aromatic hydroxyl groups is 1. The lowest BCUT2D eigenvalue weighted by atomic mass is 10.1. The van der Waals surface area contributed by atoms with E-state index in [1.165, 1.54) is 18.2 Å². The number of phenols is 1. The van der Waals surface area contributed by atoms with Gasteiger partial charge in [-0.3, -0.25) is 4.79 Å². The number of rotatable bonds is 2. The van der Waals surface area contributed by atoms with Crippen molar-refractivity contribution in [1.29, 1.82) is 0 Å². The van der Waals surface area contributed by atoms with Crippen molar-refractivity contribution in [2.45, 2.75) is 6.04 Å². The van der Waals surface area contributed by atoms with Crippen LogP contribution in [0.5, 0.6) is 5.75 Å². The van der Waals surface area contributed by atoms with Crippen LogP contribution in [0.25, 0.3) is 0 Å². The third kappa shape index (κ3) is 2.11. The summed E-state index contributed by atoms with van der Waals surface area (Å²) < 4.78 is 0. The van der Waals surface area contributed by atoms with Crippen molar-refractivity contribution < 1.29 is 15.0 Å². The molecule has 13 heavy (non-hydrogen) atoms. The van der Waals surface area contributed by atoms with E-state index < -0.39 is 12.0 Å². The Balaban J connectivity index is 3.12. The van der Waals surface area contributed by atoms with Crippen LogP contribution < -0.4 is 5.73 Å². The average Bonchev–Trinajstić information content (AvgIpc) is 2.08. The summed E-state index contributed by atoms with van der Waals surface area (Å²) in [4.78, 5) is 10.5. The van der Waals surface area contributed by atoms with Gasteiger partial charge in [0.15, 0.2) is 0 Å². The van der Waals surface area contributed by atoms with E-state index in [-0.39, 0.29) is 11.3 Å². The molecule has 0 aliphatic rings. The average molecular weight is 202 g/mol. The van der Waals surface area contributed by atoms with E-state index in [1.54, 1.807) is 0 Å². The summed E-state index contributed by atoms with van der Waals surface area (Å²) >= 11 is 5.61. The van der Waals surface area contributed by atoms with Crippen LogP contribution in [-0.2, 0) is 4.79 Å². The molecule has 1 aromatic rings. The van der Waals surface area contributed by atoms with Gasteiger partial charge in [-0.2, -0.15) is 0 Å². The Morgan fingerprint density at radius 2 is 2.15 bits per heavy atom. The van der Waals surface area contributed by atoms with Crippen molar-refractivity contribution >= 4 is 17.6 Å². The molecule has 0 fully saturated rings. The van der Waals surface area contributed by atoms with Crippen LogP contribution in [0, 0.1) is 0 Å². The summed E-state index contributed by atoms with van der Waals surface area (Å²) in [5.74, 6) is -1.38. The number of carboxylic acid groups (broad SMARTS) is 1. The van der Waals surface area contributed by atoms with Gasteiger partial charge in [0.2, 0.25) is 0 Å². The van der Waals surface area contributed by atoms with Crippen molar-refractivity contribution in [2.24, 2.45) is 5.73 Å². The topological polar surface area (TPSA) is 83.6 Å². The van der Waals surface area contributed by atoms with Gasteiger partial charge in [-0.25, -0.2) is 0 Å². The molecule has 5 heteroatoms. The van der Waals surface area contributed by atoms with E-state index in [0.29, 0.717) is 5.02 Å². The summed E-state index contributed by atoms with van der Waals surface area (Å²) in [5, 5.41) is 18.2. The zero-order chi connectivity index (χ0) is 10.0. The minimum absolute atomic E-state index is 0.111. The van der Waals surface area contributed by atoms with Crippen molar-refractivity contribution in [2.75, 3.05) is 0 Å². The van der Waals surface area contributed by atoms with Crippen LogP contribution in [-0.4, -0.2) is 16.2 Å². The SMILES string of the molecule is NC(C(=O)O)c1cc(Cl)ccc1O. The van der Waals surface area contributed by atoms with Gasteiger partial charge in [0.05, 0.1) is 0 Å². The van der Waals surface area contributed by atoms with Crippen LogP contribution >= 0.6 is 11.6 Å². The van der Waals surface area contributed by atoms with Crippen LogP contribution in [0.4, 0.5) is 0 Å². The molecule has 0 amide bonds. The van der Waals surface area contributed by atoms with E-state index in [2.05, 4.69) is 0 Å². The normalized spacial score (nSPS) is 12.5. The molecule has 0 saturated carbocycles. The van der Waals surface area contributed by atoms with Gasteiger partial charge >= 0.3 is 5.97 Å². The number of phenolic OH excluding ortho intramolecular Hbond substituents is 1. The van der Waals surface area contributed by atoms with Gasteiger partial charge in [0.25, 0.3) is 0 Å². The molecule has 1 unspecified atom stereocenters. The second kappa shape index (κ2) is 3.64. The van der Waals surface area contributed by atoms with E-state index in [0.717, 1.165) is 0 Å². The van der Waals surface area contributed by atoms with Gasteiger partial charge in [0, 0.05) is 10.6 Å². The Kier molecular flexibility index (Phi) is 2.75. The standard InChI is InChI=1S/C8H8ClNO3/c9-4-1-2-6(11)5(3-4)7(10)8(12)13/h1-3,7,11H,10H2,(H,12,13). The highest BCUT2D eigenvalue weighted by Crippen LogP contribution is 2.26. The predicted molar refractivity (Wildman–Crippen MR) is 47.7 cm³/mol. The molecular formula is C8H8ClNO3. The number of carboxylic acids is 1. The fraction of sp³-hybridized carbons (Fsp3) is 0.125. The van der Waals surface area contributed by atoms with Crippen LogP contribution in [0.15, 0.2) is 18.2 Å². The Bertz CT molecular complexity index is 340. The van der Waals surface area contributed by atoms with Crippen molar-refractivity contribution in [1.82, 2.24) is 0 Å². The first-order chi connectivity index (χ1) is 6.02. The number of benzene rings is 1. The van der Waals surface area contributed by atoms with Crippen LogP contribution in [0.3, 0.4) is 0 Å². The predicted octanol–water partition coefficient (Wildman–Crippen LogP) is 1.13. The molecule has 0 spiro atoms. The number of hydrogen-bond acceptors (Lipinski definition) is 3. The van der Waals surface area contributed by atoms with Gasteiger partial charge in [0.1, 0.15) is 11.8 Å². The third-order valence-corrected chi connectivity index (χ3v) is 1.83. The first-order valence-electron chi connectivity index (χ1n) is 3.49. The molecule has 0 heterocycles. The van der Waals surface area contributed by atoms with E-state index >= 15 is 0 Å². The fourth-order valence-electron chi connectivity index (χ4n) is 0.908. The van der Waals surface area contributed by atoms with Gasteiger partial charge < -0.3 is 15.9 Å². The number of halogens is 1. The largest absolute Gasteiger partial charge is 0.508 e. The molecule has 0 radical (unpaired) electrons. The smallest absolute Gasteiger partial charge is 0.325 e. The maximum absolute atomic E-state index is 10.5. The monoisotopic (exact) mass is 201 g/mol. The van der Waals surface area contributed by atoms with E-state index in [1.807, 2.05) is 0 Å². The highest BCUT2D eigenvalue weighted by atomic mass is 35.5.